The lowest BCUT2D eigenvalue weighted by Gasteiger charge is -2.04. The van der Waals surface area contributed by atoms with Crippen molar-refractivity contribution in [3.63, 3.8) is 0 Å². The summed E-state index contributed by atoms with van der Waals surface area (Å²) < 4.78 is 4.94. The van der Waals surface area contributed by atoms with Crippen LogP contribution in [-0.4, -0.2) is 24.9 Å². The Labute approximate surface area is 164 Å². The third kappa shape index (κ3) is 21.5. The zero-order valence-electron chi connectivity index (χ0n) is 17.9. The van der Waals surface area contributed by atoms with E-state index < -0.39 is 0 Å². The van der Waals surface area contributed by atoms with Gasteiger partial charge in [-0.05, 0) is 12.8 Å². The quantitative estimate of drug-likeness (QED) is 0.196. The fourth-order valence-electron chi connectivity index (χ4n) is 3.22. The van der Waals surface area contributed by atoms with Gasteiger partial charge in [0.2, 0.25) is 0 Å². The molecule has 1 N–H and O–H groups in total. The number of hydrogen-bond donors (Lipinski definition) is 1. The Morgan fingerprint density at radius 2 is 1.15 bits per heavy atom. The second-order valence-corrected chi connectivity index (χ2v) is 7.69. The molecule has 2 nitrogen and oxygen atoms in total. The minimum absolute atomic E-state index is 0.330. The van der Waals surface area contributed by atoms with Gasteiger partial charge in [0, 0.05) is 26.6 Å². The third-order valence-electron chi connectivity index (χ3n) is 5.02. The Bertz CT molecular complexity index is 316. The summed E-state index contributed by atoms with van der Waals surface area (Å²) in [7, 11) is 1.66. The van der Waals surface area contributed by atoms with Crippen LogP contribution in [0.3, 0.4) is 0 Å². The maximum atomic E-state index is 9.63. The molecule has 0 saturated carbocycles. The zero-order chi connectivity index (χ0) is 19.1. The van der Waals surface area contributed by atoms with Gasteiger partial charge in [-0.25, -0.2) is 0 Å². The van der Waals surface area contributed by atoms with Gasteiger partial charge in [0.05, 0.1) is 6.10 Å². The van der Waals surface area contributed by atoms with Crippen molar-refractivity contribution in [2.75, 3.05) is 13.7 Å². The minimum atomic E-state index is -0.330. The first-order chi connectivity index (χ1) is 12.8. The molecule has 0 amide bonds. The van der Waals surface area contributed by atoms with Crippen LogP contribution in [0.5, 0.6) is 0 Å². The van der Waals surface area contributed by atoms with Crippen molar-refractivity contribution < 1.29 is 9.84 Å². The molecule has 0 aliphatic carbocycles. The van der Waals surface area contributed by atoms with E-state index >= 15 is 0 Å². The molecule has 0 bridgehead atoms. The molecular weight excluding hydrogens is 320 g/mol. The largest absolute Gasteiger partial charge is 0.392 e. The molecule has 0 aliphatic heterocycles. The van der Waals surface area contributed by atoms with Gasteiger partial charge in [-0.1, -0.05) is 96.8 Å². The Hall–Kier alpha value is -0.520. The summed E-state index contributed by atoms with van der Waals surface area (Å²) in [5, 5.41) is 9.63. The lowest BCUT2D eigenvalue weighted by atomic mass is 10.0. The molecule has 1 atom stereocenters. The van der Waals surface area contributed by atoms with Gasteiger partial charge in [0.1, 0.15) is 0 Å². The normalized spacial score (nSPS) is 12.0. The molecule has 154 valence electrons. The number of unbranched alkanes of at least 4 members (excludes halogenated alkanes) is 15. The van der Waals surface area contributed by atoms with E-state index in [9.17, 15) is 5.11 Å². The average Bonchev–Trinajstić information content (AvgIpc) is 2.65. The standard InChI is InChI=1S/C24H46O2/c1-3-4-5-6-7-8-9-10-11-12-13-14-15-16-17-18-19-20-21-24(25)22-23-26-2/h24-25H,3-18,21-23H2,1-2H3. The molecule has 0 aromatic rings. The highest BCUT2D eigenvalue weighted by molar-refractivity contribution is 5.00. The number of ether oxygens (including phenoxy) is 1. The molecule has 0 saturated heterocycles. The Balaban J connectivity index is 3.14. The van der Waals surface area contributed by atoms with Crippen LogP contribution in [0.25, 0.3) is 0 Å². The highest BCUT2D eigenvalue weighted by Gasteiger charge is 2.00. The van der Waals surface area contributed by atoms with Crippen molar-refractivity contribution >= 4 is 0 Å². The van der Waals surface area contributed by atoms with Gasteiger partial charge in [0.25, 0.3) is 0 Å². The van der Waals surface area contributed by atoms with E-state index in [4.69, 9.17) is 4.74 Å². The van der Waals surface area contributed by atoms with Crippen molar-refractivity contribution in [1.29, 1.82) is 0 Å². The van der Waals surface area contributed by atoms with Crippen LogP contribution in [-0.2, 0) is 4.74 Å². The van der Waals surface area contributed by atoms with Crippen LogP contribution in [0.15, 0.2) is 0 Å². The molecule has 1 unspecified atom stereocenters. The van der Waals surface area contributed by atoms with Crippen molar-refractivity contribution in [1.82, 2.24) is 0 Å². The van der Waals surface area contributed by atoms with Crippen molar-refractivity contribution in [2.24, 2.45) is 0 Å². The molecule has 0 fully saturated rings. The predicted molar refractivity (Wildman–Crippen MR) is 114 cm³/mol. The van der Waals surface area contributed by atoms with E-state index in [1.54, 1.807) is 7.11 Å². The third-order valence-corrected chi connectivity index (χ3v) is 5.02. The summed E-state index contributed by atoms with van der Waals surface area (Å²) in [5.41, 5.74) is 0. The van der Waals surface area contributed by atoms with E-state index in [2.05, 4.69) is 18.8 Å². The van der Waals surface area contributed by atoms with Crippen LogP contribution in [0, 0.1) is 11.8 Å². The van der Waals surface area contributed by atoms with Crippen molar-refractivity contribution in [3.8, 4) is 11.8 Å². The topological polar surface area (TPSA) is 29.5 Å². The molecule has 0 spiro atoms. The maximum absolute atomic E-state index is 9.63. The highest BCUT2D eigenvalue weighted by atomic mass is 16.5. The number of rotatable bonds is 19. The first kappa shape index (κ1) is 25.5. The Morgan fingerprint density at radius 3 is 1.62 bits per heavy atom. The maximum Gasteiger partial charge on any atom is 0.0671 e. The summed E-state index contributed by atoms with van der Waals surface area (Å²) in [6, 6.07) is 0. The summed E-state index contributed by atoms with van der Waals surface area (Å²) >= 11 is 0. The van der Waals surface area contributed by atoms with Crippen molar-refractivity contribution in [3.05, 3.63) is 0 Å². The first-order valence-corrected chi connectivity index (χ1v) is 11.4. The van der Waals surface area contributed by atoms with Gasteiger partial charge in [-0.3, -0.25) is 0 Å². The van der Waals surface area contributed by atoms with Gasteiger partial charge in [-0.15, -0.1) is 11.8 Å². The van der Waals surface area contributed by atoms with Crippen LogP contribution in [0.2, 0.25) is 0 Å². The van der Waals surface area contributed by atoms with Gasteiger partial charge in [0.15, 0.2) is 0 Å². The lowest BCUT2D eigenvalue weighted by Crippen LogP contribution is -2.08. The van der Waals surface area contributed by atoms with Crippen LogP contribution in [0.4, 0.5) is 0 Å². The summed E-state index contributed by atoms with van der Waals surface area (Å²) in [6.07, 6.45) is 22.9. The predicted octanol–water partition coefficient (Wildman–Crippen LogP) is 7.04. The van der Waals surface area contributed by atoms with Gasteiger partial charge < -0.3 is 9.84 Å². The molecule has 26 heavy (non-hydrogen) atoms. The van der Waals surface area contributed by atoms with E-state index in [1.165, 1.54) is 96.3 Å². The summed E-state index contributed by atoms with van der Waals surface area (Å²) in [6.45, 7) is 2.90. The van der Waals surface area contributed by atoms with Gasteiger partial charge in [-0.2, -0.15) is 0 Å². The molecule has 0 rings (SSSR count). The number of aliphatic hydroxyl groups is 1. The second kappa shape index (κ2) is 22.5. The average molecular weight is 367 g/mol. The van der Waals surface area contributed by atoms with Crippen LogP contribution >= 0.6 is 0 Å². The number of hydrogen-bond acceptors (Lipinski definition) is 2. The van der Waals surface area contributed by atoms with E-state index in [0.717, 1.165) is 6.42 Å². The summed E-state index contributed by atoms with van der Waals surface area (Å²) in [4.78, 5) is 0. The molecule has 0 radical (unpaired) electrons. The minimum Gasteiger partial charge on any atom is -0.392 e. The SMILES string of the molecule is CCCCCCCCCCCCCCCCCC#CCC(O)CCOC. The smallest absolute Gasteiger partial charge is 0.0671 e. The Morgan fingerprint density at radius 1 is 0.692 bits per heavy atom. The highest BCUT2D eigenvalue weighted by Crippen LogP contribution is 2.13. The molecule has 0 aliphatic rings. The number of methoxy groups -OCH3 is 1. The molecule has 0 heterocycles. The van der Waals surface area contributed by atoms with Gasteiger partial charge >= 0.3 is 0 Å². The number of aliphatic hydroxyl groups excluding tert-OH is 1. The molecule has 0 aromatic heterocycles. The zero-order valence-corrected chi connectivity index (χ0v) is 17.9. The molecule has 0 aromatic carbocycles. The van der Waals surface area contributed by atoms with E-state index in [1.807, 2.05) is 0 Å². The fourth-order valence-corrected chi connectivity index (χ4v) is 3.22. The van der Waals surface area contributed by atoms with Crippen molar-refractivity contribution in [2.45, 2.75) is 129 Å². The van der Waals surface area contributed by atoms with Crippen LogP contribution in [0.1, 0.15) is 122 Å². The second-order valence-electron chi connectivity index (χ2n) is 7.69. The first-order valence-electron chi connectivity index (χ1n) is 11.4. The molecular formula is C24H46O2. The van der Waals surface area contributed by atoms with Crippen LogP contribution < -0.4 is 0 Å². The molecule has 2 heteroatoms. The lowest BCUT2D eigenvalue weighted by molar-refractivity contribution is 0.113. The monoisotopic (exact) mass is 366 g/mol. The summed E-state index contributed by atoms with van der Waals surface area (Å²) in [5.74, 6) is 6.28. The fraction of sp³-hybridized carbons (Fsp3) is 0.917. The van der Waals surface area contributed by atoms with E-state index in [-0.39, 0.29) is 6.10 Å². The Kier molecular flexibility index (Phi) is 22.1. The van der Waals surface area contributed by atoms with E-state index in [0.29, 0.717) is 19.4 Å².